The number of nitrogens with zero attached hydrogens (tertiary/aromatic N) is 3. The molecule has 26 heavy (non-hydrogen) atoms. The van der Waals surface area contributed by atoms with Crippen molar-refractivity contribution in [2.75, 3.05) is 0 Å². The number of carbonyl (C=O) groups is 1. The van der Waals surface area contributed by atoms with Crippen molar-refractivity contribution in [3.05, 3.63) is 36.3 Å². The quantitative estimate of drug-likeness (QED) is 0.741. The highest BCUT2D eigenvalue weighted by atomic mass is 16.6. The van der Waals surface area contributed by atoms with Gasteiger partial charge in [-0.3, -0.25) is 4.98 Å². The highest BCUT2D eigenvalue weighted by Gasteiger charge is 2.17. The Kier molecular flexibility index (Phi) is 6.18. The van der Waals surface area contributed by atoms with Gasteiger partial charge in [0.15, 0.2) is 0 Å². The lowest BCUT2D eigenvalue weighted by molar-refractivity contribution is 0.0512. The Morgan fingerprint density at radius 3 is 2.54 bits per heavy atom. The van der Waals surface area contributed by atoms with Crippen LogP contribution >= 0.6 is 0 Å². The zero-order valence-electron chi connectivity index (χ0n) is 16.5. The number of pyridine rings is 1. The Labute approximate surface area is 154 Å². The van der Waals surface area contributed by atoms with E-state index in [2.05, 4.69) is 15.3 Å². The molecule has 0 bridgehead atoms. The van der Waals surface area contributed by atoms with Gasteiger partial charge in [0.25, 0.3) is 0 Å². The molecule has 3 rings (SSSR count). The number of ether oxygens (including phenoxy) is 1. The van der Waals surface area contributed by atoms with E-state index in [1.54, 1.807) is 6.20 Å². The van der Waals surface area contributed by atoms with Gasteiger partial charge in [-0.05, 0) is 26.8 Å². The van der Waals surface area contributed by atoms with Gasteiger partial charge in [0.05, 0.1) is 23.9 Å². The molecule has 3 aromatic rings. The van der Waals surface area contributed by atoms with Gasteiger partial charge < -0.3 is 14.6 Å². The average molecular weight is 356 g/mol. The van der Waals surface area contributed by atoms with E-state index < -0.39 is 11.7 Å². The number of benzene rings is 1. The van der Waals surface area contributed by atoms with Crippen LogP contribution in [0.25, 0.3) is 21.9 Å². The van der Waals surface area contributed by atoms with E-state index in [-0.39, 0.29) is 0 Å². The van der Waals surface area contributed by atoms with Crippen molar-refractivity contribution >= 4 is 28.0 Å². The highest BCUT2D eigenvalue weighted by Crippen LogP contribution is 2.24. The van der Waals surface area contributed by atoms with Crippen LogP contribution in [0.3, 0.4) is 0 Å². The molecule has 1 amide bonds. The third kappa shape index (κ3) is 4.31. The fraction of sp³-hybridized carbons (Fsp3) is 0.450. The fourth-order valence-electron chi connectivity index (χ4n) is 2.71. The zero-order valence-corrected chi connectivity index (χ0v) is 16.5. The lowest BCUT2D eigenvalue weighted by Gasteiger charge is -2.20. The number of hydrogen-bond acceptors (Lipinski definition) is 4. The summed E-state index contributed by atoms with van der Waals surface area (Å²) in [6.07, 6.45) is 2.10. The van der Waals surface area contributed by atoms with Crippen LogP contribution in [-0.4, -0.2) is 26.2 Å². The van der Waals surface area contributed by atoms with Gasteiger partial charge in [0, 0.05) is 11.8 Å². The summed E-state index contributed by atoms with van der Waals surface area (Å²) < 4.78 is 7.33. The Morgan fingerprint density at radius 1 is 1.19 bits per heavy atom. The van der Waals surface area contributed by atoms with Gasteiger partial charge in [0.1, 0.15) is 16.9 Å². The van der Waals surface area contributed by atoms with E-state index in [0.29, 0.717) is 6.67 Å². The predicted octanol–water partition coefficient (Wildman–Crippen LogP) is 4.66. The first-order valence-electron chi connectivity index (χ1n) is 9.09. The summed E-state index contributed by atoms with van der Waals surface area (Å²) in [5, 5.41) is 3.84. The molecule has 0 aliphatic carbocycles. The van der Waals surface area contributed by atoms with Crippen molar-refractivity contribution in [3.63, 3.8) is 0 Å². The van der Waals surface area contributed by atoms with Gasteiger partial charge in [-0.1, -0.05) is 39.0 Å². The van der Waals surface area contributed by atoms with Crippen LogP contribution in [0.15, 0.2) is 30.5 Å². The largest absolute Gasteiger partial charge is 0.444 e. The van der Waals surface area contributed by atoms with Crippen molar-refractivity contribution in [1.82, 2.24) is 19.9 Å². The number of hydrogen-bond donors (Lipinski definition) is 1. The number of fused-ring (bicyclic) bond motifs is 3. The predicted molar refractivity (Wildman–Crippen MR) is 105 cm³/mol. The summed E-state index contributed by atoms with van der Waals surface area (Å²) in [5.41, 5.74) is 2.20. The monoisotopic (exact) mass is 356 g/mol. The zero-order chi connectivity index (χ0) is 19.3. The highest BCUT2D eigenvalue weighted by molar-refractivity contribution is 6.02. The second kappa shape index (κ2) is 8.17. The molecule has 0 atom stereocenters. The first-order chi connectivity index (χ1) is 12.4. The summed E-state index contributed by atoms with van der Waals surface area (Å²) in [7, 11) is 0. The number of para-hydroxylation sites is 1. The molecule has 0 saturated carbocycles. The molecule has 140 valence electrons. The van der Waals surface area contributed by atoms with Crippen molar-refractivity contribution in [1.29, 1.82) is 0 Å². The summed E-state index contributed by atoms with van der Waals surface area (Å²) in [6, 6.07) is 7.93. The molecule has 0 unspecified atom stereocenters. The summed E-state index contributed by atoms with van der Waals surface area (Å²) in [5.74, 6) is 0.902. The van der Waals surface area contributed by atoms with E-state index in [0.717, 1.165) is 34.2 Å². The maximum atomic E-state index is 12.0. The van der Waals surface area contributed by atoms with E-state index >= 15 is 0 Å². The number of imidazole rings is 1. The third-order valence-electron chi connectivity index (χ3n) is 3.66. The minimum atomic E-state index is -0.523. The molecular weight excluding hydrogens is 328 g/mol. The summed E-state index contributed by atoms with van der Waals surface area (Å²) in [4.78, 5) is 21.1. The van der Waals surface area contributed by atoms with Gasteiger partial charge in [0.2, 0.25) is 0 Å². The molecule has 0 aliphatic rings. The van der Waals surface area contributed by atoms with Crippen LogP contribution in [0.2, 0.25) is 0 Å². The molecule has 1 N–H and O–H groups in total. The van der Waals surface area contributed by atoms with E-state index in [1.165, 1.54) is 0 Å². The number of aryl methyl sites for hydroxylation is 1. The van der Waals surface area contributed by atoms with Crippen molar-refractivity contribution in [2.24, 2.45) is 0 Å². The van der Waals surface area contributed by atoms with E-state index in [1.807, 2.05) is 70.4 Å². The minimum Gasteiger partial charge on any atom is -0.444 e. The van der Waals surface area contributed by atoms with Gasteiger partial charge in [-0.2, -0.15) is 0 Å². The first kappa shape index (κ1) is 19.7. The van der Waals surface area contributed by atoms with E-state index in [9.17, 15) is 4.79 Å². The molecule has 2 aromatic heterocycles. The number of aromatic nitrogens is 3. The lowest BCUT2D eigenvalue weighted by atomic mass is 10.2. The van der Waals surface area contributed by atoms with Crippen LogP contribution in [0.4, 0.5) is 4.79 Å². The SMILES string of the molecule is CC.CCc1nc2cnc3ccccc3c2n1CNC(=O)OC(C)(C)C. The number of nitrogens with one attached hydrogen (secondary N) is 1. The molecule has 1 aromatic carbocycles. The smallest absolute Gasteiger partial charge is 0.409 e. The van der Waals surface area contributed by atoms with Crippen LogP contribution in [0.5, 0.6) is 0 Å². The fourth-order valence-corrected chi connectivity index (χ4v) is 2.71. The molecule has 0 radical (unpaired) electrons. The number of amides is 1. The van der Waals surface area contributed by atoms with Crippen molar-refractivity contribution < 1.29 is 9.53 Å². The Hall–Kier alpha value is -2.63. The van der Waals surface area contributed by atoms with E-state index in [4.69, 9.17) is 4.74 Å². The van der Waals surface area contributed by atoms with Crippen LogP contribution < -0.4 is 5.32 Å². The first-order valence-corrected chi connectivity index (χ1v) is 9.09. The molecule has 0 fully saturated rings. The molecule has 2 heterocycles. The van der Waals surface area contributed by atoms with Crippen LogP contribution in [0.1, 0.15) is 47.4 Å². The maximum absolute atomic E-state index is 12.0. The summed E-state index contributed by atoms with van der Waals surface area (Å²) in [6.45, 7) is 11.9. The van der Waals surface area contributed by atoms with Crippen molar-refractivity contribution in [3.8, 4) is 0 Å². The average Bonchev–Trinajstić information content (AvgIpc) is 2.98. The van der Waals surface area contributed by atoms with Crippen LogP contribution in [-0.2, 0) is 17.8 Å². The van der Waals surface area contributed by atoms with Gasteiger partial charge in [-0.25, -0.2) is 9.78 Å². The third-order valence-corrected chi connectivity index (χ3v) is 3.66. The molecule has 6 nitrogen and oxygen atoms in total. The lowest BCUT2D eigenvalue weighted by Crippen LogP contribution is -2.33. The second-order valence-electron chi connectivity index (χ2n) is 6.66. The number of rotatable bonds is 3. The molecular formula is C20H28N4O2. The topological polar surface area (TPSA) is 69.0 Å². The standard InChI is InChI=1S/C18H22N4O2.C2H6/c1-5-15-21-14-10-19-13-9-7-6-8-12(13)16(14)22(15)11-20-17(23)24-18(2,3)4;1-2/h6-10H,5,11H2,1-4H3,(H,20,23);1-2H3. The maximum Gasteiger partial charge on any atom is 0.409 e. The summed E-state index contributed by atoms with van der Waals surface area (Å²) >= 11 is 0. The Balaban J connectivity index is 0.00000117. The van der Waals surface area contributed by atoms with Crippen LogP contribution in [0, 0.1) is 0 Å². The molecule has 6 heteroatoms. The Morgan fingerprint density at radius 2 is 1.88 bits per heavy atom. The number of carbonyl (C=O) groups excluding carboxylic acids is 1. The molecule has 0 spiro atoms. The minimum absolute atomic E-state index is 0.308. The number of alkyl carbamates (subject to hydrolysis) is 1. The van der Waals surface area contributed by atoms with Gasteiger partial charge in [-0.15, -0.1) is 0 Å². The second-order valence-corrected chi connectivity index (χ2v) is 6.66. The Bertz CT molecular complexity index is 894. The molecule has 0 aliphatic heterocycles. The van der Waals surface area contributed by atoms with Gasteiger partial charge >= 0.3 is 6.09 Å². The molecule has 0 saturated heterocycles. The van der Waals surface area contributed by atoms with Crippen molar-refractivity contribution in [2.45, 2.75) is 60.2 Å². The normalized spacial score (nSPS) is 11.2.